The molecular formula is C12H22N4O4. The summed E-state index contributed by atoms with van der Waals surface area (Å²) in [5, 5.41) is 5.68. The van der Waals surface area contributed by atoms with Crippen molar-refractivity contribution in [3.8, 4) is 0 Å². The molecule has 8 heteroatoms. The van der Waals surface area contributed by atoms with Crippen molar-refractivity contribution in [2.45, 2.75) is 51.7 Å². The summed E-state index contributed by atoms with van der Waals surface area (Å²) in [5.41, 5.74) is -1.64. The number of hydrazine groups is 1. The Morgan fingerprint density at radius 3 is 2.45 bits per heavy atom. The molecule has 1 fully saturated rings. The van der Waals surface area contributed by atoms with Gasteiger partial charge in [-0.05, 0) is 33.6 Å². The third kappa shape index (κ3) is 3.60. The Labute approximate surface area is 118 Å². The van der Waals surface area contributed by atoms with Gasteiger partial charge < -0.3 is 15.4 Å². The number of carbonyl (C=O) groups excluding carboxylic acids is 3. The minimum absolute atomic E-state index is 0.197. The van der Waals surface area contributed by atoms with E-state index in [1.807, 2.05) is 0 Å². The van der Waals surface area contributed by atoms with Crippen LogP contribution in [0.3, 0.4) is 0 Å². The third-order valence-electron chi connectivity index (χ3n) is 3.02. The van der Waals surface area contributed by atoms with Gasteiger partial charge in [0.05, 0.1) is 0 Å². The van der Waals surface area contributed by atoms with Crippen molar-refractivity contribution in [3.05, 3.63) is 0 Å². The van der Waals surface area contributed by atoms with Gasteiger partial charge in [0, 0.05) is 6.54 Å². The summed E-state index contributed by atoms with van der Waals surface area (Å²) >= 11 is 0. The highest BCUT2D eigenvalue weighted by atomic mass is 16.6. The average Bonchev–Trinajstić information content (AvgIpc) is 2.52. The molecule has 1 rings (SSSR count). The normalized spacial score (nSPS) is 22.8. The number of rotatable bonds is 4. The summed E-state index contributed by atoms with van der Waals surface area (Å²) in [7, 11) is 0. The monoisotopic (exact) mass is 286 g/mol. The number of hydrogen-bond donors (Lipinski definition) is 3. The molecular weight excluding hydrogens is 264 g/mol. The standard InChI is InChI=1S/C12H22N4O4/c1-5-12(8(17)16(13)9(18)15-12)6-7-14-10(19)20-11(2,3)4/h5-7,13H2,1-4H3,(H,14,19)(H,15,18). The number of nitrogens with zero attached hydrogens (tertiary/aromatic N) is 1. The van der Waals surface area contributed by atoms with Crippen molar-refractivity contribution >= 4 is 18.0 Å². The molecule has 4 amide bonds. The number of nitrogens with two attached hydrogens (primary N) is 1. The fourth-order valence-corrected chi connectivity index (χ4v) is 1.92. The summed E-state index contributed by atoms with van der Waals surface area (Å²) in [5.74, 6) is 4.86. The molecule has 0 aromatic rings. The fraction of sp³-hybridized carbons (Fsp3) is 0.750. The van der Waals surface area contributed by atoms with E-state index >= 15 is 0 Å². The van der Waals surface area contributed by atoms with Crippen LogP contribution in [0.1, 0.15) is 40.5 Å². The highest BCUT2D eigenvalue weighted by molar-refractivity contribution is 6.06. The zero-order valence-electron chi connectivity index (χ0n) is 12.3. The van der Waals surface area contributed by atoms with Crippen molar-refractivity contribution in [2.75, 3.05) is 6.54 Å². The van der Waals surface area contributed by atoms with E-state index in [4.69, 9.17) is 10.6 Å². The summed E-state index contributed by atoms with van der Waals surface area (Å²) < 4.78 is 5.08. The Bertz CT molecular complexity index is 418. The zero-order valence-corrected chi connectivity index (χ0v) is 12.3. The van der Waals surface area contributed by atoms with E-state index in [0.29, 0.717) is 11.4 Å². The maximum Gasteiger partial charge on any atom is 0.407 e. The molecule has 0 aliphatic carbocycles. The van der Waals surface area contributed by atoms with Crippen LogP contribution in [0.2, 0.25) is 0 Å². The van der Waals surface area contributed by atoms with Crippen LogP contribution in [0, 0.1) is 0 Å². The van der Waals surface area contributed by atoms with Crippen molar-refractivity contribution in [1.82, 2.24) is 15.6 Å². The zero-order chi connectivity index (χ0) is 15.6. The Hall–Kier alpha value is -1.83. The van der Waals surface area contributed by atoms with Gasteiger partial charge in [0.2, 0.25) is 0 Å². The number of alkyl carbamates (subject to hydrolysis) is 1. The number of ether oxygens (including phenoxy) is 1. The minimum Gasteiger partial charge on any atom is -0.444 e. The van der Waals surface area contributed by atoms with E-state index in [9.17, 15) is 14.4 Å². The highest BCUT2D eigenvalue weighted by Gasteiger charge is 2.48. The van der Waals surface area contributed by atoms with Gasteiger partial charge >= 0.3 is 12.1 Å². The average molecular weight is 286 g/mol. The van der Waals surface area contributed by atoms with Gasteiger partial charge in [-0.25, -0.2) is 15.4 Å². The Morgan fingerprint density at radius 2 is 2.05 bits per heavy atom. The third-order valence-corrected chi connectivity index (χ3v) is 3.02. The van der Waals surface area contributed by atoms with Gasteiger partial charge in [-0.1, -0.05) is 6.92 Å². The molecule has 4 N–H and O–H groups in total. The lowest BCUT2D eigenvalue weighted by Gasteiger charge is -2.25. The number of hydrogen-bond acceptors (Lipinski definition) is 5. The first-order chi connectivity index (χ1) is 9.11. The van der Waals surface area contributed by atoms with Crippen LogP contribution in [0.25, 0.3) is 0 Å². The van der Waals surface area contributed by atoms with Crippen LogP contribution < -0.4 is 16.5 Å². The highest BCUT2D eigenvalue weighted by Crippen LogP contribution is 2.22. The van der Waals surface area contributed by atoms with Gasteiger partial charge in [0.25, 0.3) is 5.91 Å². The largest absolute Gasteiger partial charge is 0.444 e. The molecule has 0 saturated carbocycles. The molecule has 0 bridgehead atoms. The Morgan fingerprint density at radius 1 is 1.45 bits per heavy atom. The van der Waals surface area contributed by atoms with E-state index in [2.05, 4.69) is 10.6 Å². The fourth-order valence-electron chi connectivity index (χ4n) is 1.92. The number of urea groups is 1. The Kier molecular flexibility index (Phi) is 4.59. The van der Waals surface area contributed by atoms with Crippen LogP contribution in [-0.4, -0.2) is 40.7 Å². The van der Waals surface area contributed by atoms with E-state index in [1.54, 1.807) is 27.7 Å². The molecule has 8 nitrogen and oxygen atoms in total. The van der Waals surface area contributed by atoms with Crippen molar-refractivity contribution in [2.24, 2.45) is 5.84 Å². The molecule has 1 saturated heterocycles. The number of nitrogens with one attached hydrogen (secondary N) is 2. The molecule has 1 heterocycles. The first kappa shape index (κ1) is 16.2. The van der Waals surface area contributed by atoms with Crippen molar-refractivity contribution < 1.29 is 19.1 Å². The summed E-state index contributed by atoms with van der Waals surface area (Å²) in [4.78, 5) is 34.8. The number of amides is 4. The van der Waals surface area contributed by atoms with Crippen LogP contribution >= 0.6 is 0 Å². The van der Waals surface area contributed by atoms with E-state index in [1.165, 1.54) is 0 Å². The van der Waals surface area contributed by atoms with Crippen molar-refractivity contribution in [1.29, 1.82) is 0 Å². The van der Waals surface area contributed by atoms with Crippen LogP contribution in [-0.2, 0) is 9.53 Å². The molecule has 1 atom stereocenters. The summed E-state index contributed by atoms with van der Waals surface area (Å²) in [6.07, 6.45) is 0.0765. The lowest BCUT2D eigenvalue weighted by atomic mass is 9.92. The van der Waals surface area contributed by atoms with Gasteiger partial charge in [-0.3, -0.25) is 4.79 Å². The number of imide groups is 1. The van der Waals surface area contributed by atoms with Gasteiger partial charge in [-0.2, -0.15) is 5.01 Å². The quantitative estimate of drug-likeness (QED) is 0.395. The lowest BCUT2D eigenvalue weighted by Crippen LogP contribution is -2.49. The molecule has 0 spiro atoms. The van der Waals surface area contributed by atoms with Gasteiger partial charge in [0.1, 0.15) is 11.1 Å². The molecule has 1 aliphatic heterocycles. The first-order valence-electron chi connectivity index (χ1n) is 6.49. The van der Waals surface area contributed by atoms with Crippen LogP contribution in [0.5, 0.6) is 0 Å². The molecule has 0 aromatic heterocycles. The molecule has 1 aliphatic rings. The van der Waals surface area contributed by atoms with Crippen molar-refractivity contribution in [3.63, 3.8) is 0 Å². The first-order valence-corrected chi connectivity index (χ1v) is 6.49. The number of carbonyl (C=O) groups is 3. The van der Waals surface area contributed by atoms with E-state index < -0.39 is 29.2 Å². The topological polar surface area (TPSA) is 114 Å². The second kappa shape index (κ2) is 5.66. The maximum absolute atomic E-state index is 11.9. The van der Waals surface area contributed by atoms with Crippen LogP contribution in [0.4, 0.5) is 9.59 Å². The molecule has 1 unspecified atom stereocenters. The molecule has 114 valence electrons. The van der Waals surface area contributed by atoms with Gasteiger partial charge in [-0.15, -0.1) is 0 Å². The predicted molar refractivity (Wildman–Crippen MR) is 71.4 cm³/mol. The van der Waals surface area contributed by atoms with Gasteiger partial charge in [0.15, 0.2) is 0 Å². The molecule has 0 radical (unpaired) electrons. The van der Waals surface area contributed by atoms with E-state index in [-0.39, 0.29) is 13.0 Å². The maximum atomic E-state index is 11.9. The van der Waals surface area contributed by atoms with Crippen LogP contribution in [0.15, 0.2) is 0 Å². The lowest BCUT2D eigenvalue weighted by molar-refractivity contribution is -0.131. The van der Waals surface area contributed by atoms with E-state index in [0.717, 1.165) is 0 Å². The smallest absolute Gasteiger partial charge is 0.407 e. The second-order valence-corrected chi connectivity index (χ2v) is 5.72. The minimum atomic E-state index is -1.05. The summed E-state index contributed by atoms with van der Waals surface area (Å²) in [6.45, 7) is 7.24. The Balaban J connectivity index is 2.53. The predicted octanol–water partition coefficient (Wildman–Crippen LogP) is 0.476. The SMILES string of the molecule is CCC1(CCNC(=O)OC(C)(C)C)NC(=O)N(N)C1=O. The molecule has 0 aromatic carbocycles. The second-order valence-electron chi connectivity index (χ2n) is 5.72. The molecule has 20 heavy (non-hydrogen) atoms. The summed E-state index contributed by atoms with van der Waals surface area (Å²) in [6, 6.07) is -0.630.